The van der Waals surface area contributed by atoms with Crippen LogP contribution in [-0.4, -0.2) is 57.1 Å². The Balaban J connectivity index is 2.22. The predicted molar refractivity (Wildman–Crippen MR) is 129 cm³/mol. The number of alkyl halides is 3. The smallest absolute Gasteiger partial charge is 0.465 e. The first kappa shape index (κ1) is 28.6. The molecule has 12 heteroatoms. The Morgan fingerprint density at radius 3 is 1.94 bits per heavy atom. The molecule has 0 aliphatic rings. The molecule has 2 aromatic heterocycles. The van der Waals surface area contributed by atoms with E-state index in [0.29, 0.717) is 13.1 Å². The summed E-state index contributed by atoms with van der Waals surface area (Å²) >= 11 is 2.98. The Bertz CT molecular complexity index is 922. The van der Waals surface area contributed by atoms with Crippen LogP contribution < -0.4 is 5.32 Å². The van der Waals surface area contributed by atoms with Gasteiger partial charge < -0.3 is 15.3 Å². The van der Waals surface area contributed by atoms with Gasteiger partial charge in [0.15, 0.2) is 0 Å². The summed E-state index contributed by atoms with van der Waals surface area (Å²) in [5.41, 5.74) is -0.895. The number of nitrogens with one attached hydrogen (secondary N) is 1. The van der Waals surface area contributed by atoms with E-state index >= 15 is 0 Å². The standard InChI is InChI=1S/C23H30F3N3O4S2/c1-22(2,3)29(21(32)33)18(10-4-5-11-27-20(31)23(24,25)26)19(30)28(14-16-8-6-12-34-16)15-17-9-7-13-35-17/h6-9,12-13,18H,4-5,10-11,14-15H2,1-3H3,(H,27,31)(H,32,33). The lowest BCUT2D eigenvalue weighted by atomic mass is 9.98. The number of amides is 3. The maximum Gasteiger partial charge on any atom is 0.471 e. The molecule has 1 unspecified atom stereocenters. The van der Waals surface area contributed by atoms with E-state index in [9.17, 15) is 32.7 Å². The van der Waals surface area contributed by atoms with Crippen LogP contribution in [0.25, 0.3) is 0 Å². The minimum Gasteiger partial charge on any atom is -0.465 e. The molecule has 0 aliphatic heterocycles. The van der Waals surface area contributed by atoms with Crippen molar-refractivity contribution in [2.75, 3.05) is 6.54 Å². The van der Waals surface area contributed by atoms with Gasteiger partial charge in [0.05, 0.1) is 13.1 Å². The molecule has 0 bridgehead atoms. The van der Waals surface area contributed by atoms with Crippen LogP contribution in [0.1, 0.15) is 49.8 Å². The average molecular weight is 534 g/mol. The summed E-state index contributed by atoms with van der Waals surface area (Å²) in [6.07, 6.45) is -5.70. The highest BCUT2D eigenvalue weighted by Crippen LogP contribution is 2.26. The molecule has 7 nitrogen and oxygen atoms in total. The molecule has 0 spiro atoms. The molecule has 2 aromatic rings. The van der Waals surface area contributed by atoms with Crippen LogP contribution in [0.15, 0.2) is 35.0 Å². The van der Waals surface area contributed by atoms with E-state index in [0.717, 1.165) is 14.7 Å². The van der Waals surface area contributed by atoms with Crippen molar-refractivity contribution in [1.29, 1.82) is 0 Å². The Hall–Kier alpha value is -2.60. The highest BCUT2D eigenvalue weighted by Gasteiger charge is 2.40. The molecule has 3 amide bonds. The van der Waals surface area contributed by atoms with Crippen molar-refractivity contribution >= 4 is 40.6 Å². The van der Waals surface area contributed by atoms with Crippen LogP contribution in [0, 0.1) is 0 Å². The third-order valence-corrected chi connectivity index (χ3v) is 6.86. The number of hydrogen-bond acceptors (Lipinski definition) is 5. The van der Waals surface area contributed by atoms with Gasteiger partial charge in [-0.1, -0.05) is 12.1 Å². The van der Waals surface area contributed by atoms with Crippen LogP contribution in [0.3, 0.4) is 0 Å². The third-order valence-electron chi connectivity index (χ3n) is 5.14. The van der Waals surface area contributed by atoms with Crippen molar-refractivity contribution in [3.8, 4) is 0 Å². The van der Waals surface area contributed by atoms with Crippen molar-refractivity contribution in [3.05, 3.63) is 44.8 Å². The number of nitrogens with zero attached hydrogens (tertiary/aromatic N) is 2. The lowest BCUT2D eigenvalue weighted by molar-refractivity contribution is -0.173. The Kier molecular flexibility index (Phi) is 10.1. The first-order chi connectivity index (χ1) is 16.3. The highest BCUT2D eigenvalue weighted by molar-refractivity contribution is 7.10. The third kappa shape index (κ3) is 8.84. The zero-order valence-electron chi connectivity index (χ0n) is 19.8. The first-order valence-electron chi connectivity index (χ1n) is 11.0. The minimum absolute atomic E-state index is 0.107. The van der Waals surface area contributed by atoms with Crippen LogP contribution in [0.2, 0.25) is 0 Å². The number of thiophene rings is 2. The molecule has 0 aliphatic carbocycles. The van der Waals surface area contributed by atoms with Crippen molar-refractivity contribution < 1.29 is 32.7 Å². The van der Waals surface area contributed by atoms with Crippen molar-refractivity contribution in [2.45, 2.75) is 70.9 Å². The van der Waals surface area contributed by atoms with E-state index in [1.807, 2.05) is 35.0 Å². The molecule has 0 saturated heterocycles. The van der Waals surface area contributed by atoms with Gasteiger partial charge in [-0.05, 0) is 62.9 Å². The quantitative estimate of drug-likeness (QED) is 0.382. The second-order valence-corrected chi connectivity index (χ2v) is 11.0. The number of carbonyl (C=O) groups excluding carboxylic acids is 2. The van der Waals surface area contributed by atoms with Crippen LogP contribution in [0.4, 0.5) is 18.0 Å². The van der Waals surface area contributed by atoms with E-state index in [4.69, 9.17) is 0 Å². The number of hydrogen-bond donors (Lipinski definition) is 2. The molecular weight excluding hydrogens is 503 g/mol. The SMILES string of the molecule is CC(C)(C)N(C(=O)O)C(CCCCNC(=O)C(F)(F)F)C(=O)N(Cc1cccs1)Cc1cccs1. The summed E-state index contributed by atoms with van der Waals surface area (Å²) in [5, 5.41) is 15.6. The average Bonchev–Trinajstić information content (AvgIpc) is 3.43. The van der Waals surface area contributed by atoms with Gasteiger partial charge >= 0.3 is 18.2 Å². The van der Waals surface area contributed by atoms with Gasteiger partial charge in [-0.15, -0.1) is 22.7 Å². The molecule has 1 atom stereocenters. The summed E-state index contributed by atoms with van der Waals surface area (Å²) in [6, 6.07) is 6.51. The number of unbranched alkanes of at least 4 members (excludes halogenated alkanes) is 1. The summed E-state index contributed by atoms with van der Waals surface area (Å²) in [4.78, 5) is 41.7. The summed E-state index contributed by atoms with van der Waals surface area (Å²) in [5.74, 6) is -2.39. The molecular formula is C23H30F3N3O4S2. The lowest BCUT2D eigenvalue weighted by Gasteiger charge is -2.40. The molecule has 2 rings (SSSR count). The zero-order chi connectivity index (χ0) is 26.2. The largest absolute Gasteiger partial charge is 0.471 e. The van der Waals surface area contributed by atoms with Crippen LogP contribution >= 0.6 is 22.7 Å². The molecule has 194 valence electrons. The molecule has 0 saturated carbocycles. The van der Waals surface area contributed by atoms with Gasteiger partial charge in [-0.3, -0.25) is 14.5 Å². The fourth-order valence-corrected chi connectivity index (χ4v) is 5.06. The van der Waals surface area contributed by atoms with Gasteiger partial charge in [0, 0.05) is 21.8 Å². The maximum atomic E-state index is 13.8. The number of halogens is 3. The zero-order valence-corrected chi connectivity index (χ0v) is 21.4. The monoisotopic (exact) mass is 533 g/mol. The van der Waals surface area contributed by atoms with Crippen molar-refractivity contribution in [1.82, 2.24) is 15.1 Å². The molecule has 35 heavy (non-hydrogen) atoms. The molecule has 2 N–H and O–H groups in total. The fourth-order valence-electron chi connectivity index (χ4n) is 3.62. The molecule has 2 heterocycles. The van der Waals surface area contributed by atoms with E-state index in [1.165, 1.54) is 22.7 Å². The molecule has 0 aromatic carbocycles. The number of carboxylic acid groups (broad SMARTS) is 1. The van der Waals surface area contributed by atoms with Crippen molar-refractivity contribution in [3.63, 3.8) is 0 Å². The first-order valence-corrected chi connectivity index (χ1v) is 12.8. The lowest BCUT2D eigenvalue weighted by Crippen LogP contribution is -2.57. The number of rotatable bonds is 11. The second-order valence-electron chi connectivity index (χ2n) is 8.94. The van der Waals surface area contributed by atoms with Crippen LogP contribution in [0.5, 0.6) is 0 Å². The molecule has 0 radical (unpaired) electrons. The van der Waals surface area contributed by atoms with Crippen LogP contribution in [-0.2, 0) is 22.7 Å². The molecule has 0 fully saturated rings. The van der Waals surface area contributed by atoms with Gasteiger partial charge in [0.25, 0.3) is 0 Å². The second kappa shape index (κ2) is 12.4. The maximum absolute atomic E-state index is 13.8. The Morgan fingerprint density at radius 1 is 1.00 bits per heavy atom. The van der Waals surface area contributed by atoms with E-state index in [2.05, 4.69) is 0 Å². The summed E-state index contributed by atoms with van der Waals surface area (Å²) < 4.78 is 37.2. The van der Waals surface area contributed by atoms with Gasteiger partial charge in [-0.25, -0.2) is 4.79 Å². The Labute approximate surface area is 210 Å². The topological polar surface area (TPSA) is 90.0 Å². The number of carbonyl (C=O) groups is 3. The predicted octanol–water partition coefficient (Wildman–Crippen LogP) is 5.33. The van der Waals surface area contributed by atoms with Crippen molar-refractivity contribution in [2.24, 2.45) is 0 Å². The van der Waals surface area contributed by atoms with Gasteiger partial charge in [-0.2, -0.15) is 13.2 Å². The Morgan fingerprint density at radius 2 is 1.54 bits per heavy atom. The van der Waals surface area contributed by atoms with E-state index < -0.39 is 29.8 Å². The normalized spacial score (nSPS) is 12.7. The van der Waals surface area contributed by atoms with Gasteiger partial charge in [0.1, 0.15) is 6.04 Å². The summed E-state index contributed by atoms with van der Waals surface area (Å²) in [7, 11) is 0. The van der Waals surface area contributed by atoms with E-state index in [1.54, 1.807) is 31.0 Å². The fraction of sp³-hybridized carbons (Fsp3) is 0.522. The van der Waals surface area contributed by atoms with Gasteiger partial charge in [0.2, 0.25) is 5.91 Å². The highest BCUT2D eigenvalue weighted by atomic mass is 32.1. The minimum atomic E-state index is -4.96. The van der Waals surface area contributed by atoms with E-state index in [-0.39, 0.29) is 31.7 Å². The summed E-state index contributed by atoms with van der Waals surface area (Å²) in [6.45, 7) is 5.46.